The van der Waals surface area contributed by atoms with E-state index in [0.29, 0.717) is 6.54 Å². The fourth-order valence-corrected chi connectivity index (χ4v) is 2.26. The first-order valence-corrected chi connectivity index (χ1v) is 5.69. The second kappa shape index (κ2) is 5.78. The summed E-state index contributed by atoms with van der Waals surface area (Å²) >= 11 is 1.47. The molecule has 0 radical (unpaired) electrons. The molecule has 1 aromatic heterocycles. The molecular formula is C9H17N5OS. The number of guanidine groups is 1. The van der Waals surface area contributed by atoms with E-state index in [1.807, 2.05) is 14.0 Å². The first-order chi connectivity index (χ1) is 7.58. The summed E-state index contributed by atoms with van der Waals surface area (Å²) in [4.78, 5) is 9.20. The van der Waals surface area contributed by atoms with E-state index in [0.717, 1.165) is 15.6 Å². The van der Waals surface area contributed by atoms with E-state index in [1.54, 1.807) is 0 Å². The van der Waals surface area contributed by atoms with Crippen LogP contribution in [0.2, 0.25) is 0 Å². The second-order valence-corrected chi connectivity index (χ2v) is 4.44. The van der Waals surface area contributed by atoms with Crippen LogP contribution >= 0.6 is 11.3 Å². The maximum Gasteiger partial charge on any atom is 0.185 e. The molecular weight excluding hydrogens is 226 g/mol. The highest BCUT2D eigenvalue weighted by atomic mass is 32.1. The van der Waals surface area contributed by atoms with Gasteiger partial charge in [0.05, 0.1) is 29.8 Å². The number of aliphatic hydroxyl groups is 1. The summed E-state index contributed by atoms with van der Waals surface area (Å²) in [5, 5.41) is 13.1. The molecule has 0 aliphatic carbocycles. The van der Waals surface area contributed by atoms with E-state index in [-0.39, 0.29) is 18.6 Å². The summed E-state index contributed by atoms with van der Waals surface area (Å²) in [5.74, 6) is 0.0657. The maximum atomic E-state index is 9.09. The average Bonchev–Trinajstić information content (AvgIpc) is 2.60. The molecule has 7 heteroatoms. The Bertz CT molecular complexity index is 372. The van der Waals surface area contributed by atoms with E-state index in [1.165, 1.54) is 11.3 Å². The van der Waals surface area contributed by atoms with Crippen molar-refractivity contribution in [3.8, 4) is 0 Å². The van der Waals surface area contributed by atoms with Crippen molar-refractivity contribution in [1.29, 1.82) is 0 Å². The molecule has 6 nitrogen and oxygen atoms in total. The number of likely N-dealkylation sites (N-methyl/N-ethyl adjacent to an activating group) is 1. The molecule has 16 heavy (non-hydrogen) atoms. The van der Waals surface area contributed by atoms with Crippen LogP contribution in [0.25, 0.3) is 0 Å². The molecule has 90 valence electrons. The summed E-state index contributed by atoms with van der Waals surface area (Å²) < 4.78 is 0. The van der Waals surface area contributed by atoms with Gasteiger partial charge in [0.25, 0.3) is 0 Å². The molecule has 1 heterocycles. The zero-order valence-electron chi connectivity index (χ0n) is 9.40. The number of aromatic nitrogens is 1. The maximum absolute atomic E-state index is 9.09. The van der Waals surface area contributed by atoms with Crippen LogP contribution in [0.15, 0.2) is 4.99 Å². The lowest BCUT2D eigenvalue weighted by atomic mass is 10.3. The first-order valence-electron chi connectivity index (χ1n) is 4.88. The molecule has 0 aliphatic heterocycles. The van der Waals surface area contributed by atoms with Crippen molar-refractivity contribution in [3.63, 3.8) is 0 Å². The number of thiazole rings is 1. The Morgan fingerprint density at radius 3 is 2.75 bits per heavy atom. The van der Waals surface area contributed by atoms with Crippen LogP contribution in [-0.4, -0.2) is 29.6 Å². The van der Waals surface area contributed by atoms with Crippen molar-refractivity contribution in [1.82, 2.24) is 10.3 Å². The molecule has 6 N–H and O–H groups in total. The minimum absolute atomic E-state index is 0.0161. The van der Waals surface area contributed by atoms with E-state index in [4.69, 9.17) is 16.6 Å². The predicted octanol–water partition coefficient (Wildman–Crippen LogP) is -0.522. The topological polar surface area (TPSA) is 110 Å². The molecule has 1 atom stereocenters. The molecule has 1 aromatic rings. The molecule has 1 unspecified atom stereocenters. The number of aryl methyl sites for hydroxylation is 1. The van der Waals surface area contributed by atoms with Crippen molar-refractivity contribution in [3.05, 3.63) is 15.6 Å². The van der Waals surface area contributed by atoms with Gasteiger partial charge in [-0.1, -0.05) is 0 Å². The Hall–Kier alpha value is -1.18. The van der Waals surface area contributed by atoms with Crippen LogP contribution in [0.5, 0.6) is 0 Å². The number of aliphatic hydroxyl groups excluding tert-OH is 1. The van der Waals surface area contributed by atoms with Crippen molar-refractivity contribution in [2.75, 3.05) is 13.6 Å². The molecule has 0 spiro atoms. The zero-order chi connectivity index (χ0) is 12.1. The minimum Gasteiger partial charge on any atom is -0.391 e. The molecule has 0 amide bonds. The van der Waals surface area contributed by atoms with Gasteiger partial charge in [0.1, 0.15) is 5.01 Å². The molecule has 0 fully saturated rings. The zero-order valence-corrected chi connectivity index (χ0v) is 10.2. The number of nitrogens with one attached hydrogen (secondary N) is 1. The van der Waals surface area contributed by atoms with Crippen LogP contribution in [0.3, 0.4) is 0 Å². The van der Waals surface area contributed by atoms with E-state index < -0.39 is 0 Å². The van der Waals surface area contributed by atoms with Gasteiger partial charge in [-0.25, -0.2) is 4.98 Å². The SMILES string of the molecule is CNC(CN=C(N)N)c1nc(C)c(CO)s1. The lowest BCUT2D eigenvalue weighted by Gasteiger charge is -2.09. The molecule has 0 aliphatic rings. The fraction of sp³-hybridized carbons (Fsp3) is 0.556. The summed E-state index contributed by atoms with van der Waals surface area (Å²) in [5.41, 5.74) is 11.4. The third-order valence-electron chi connectivity index (χ3n) is 2.16. The molecule has 0 bridgehead atoms. The fourth-order valence-electron chi connectivity index (χ4n) is 1.24. The number of aliphatic imine (C=N–C) groups is 1. The number of nitrogens with two attached hydrogens (primary N) is 2. The molecule has 0 aromatic carbocycles. The van der Waals surface area contributed by atoms with Crippen LogP contribution in [0.1, 0.15) is 21.6 Å². The summed E-state index contributed by atoms with van der Waals surface area (Å²) in [6.45, 7) is 2.33. The number of nitrogens with zero attached hydrogens (tertiary/aromatic N) is 2. The van der Waals surface area contributed by atoms with Crippen molar-refractivity contribution in [2.24, 2.45) is 16.5 Å². The van der Waals surface area contributed by atoms with Crippen LogP contribution in [0.4, 0.5) is 0 Å². The monoisotopic (exact) mass is 243 g/mol. The quantitative estimate of drug-likeness (QED) is 0.411. The van der Waals surface area contributed by atoms with Gasteiger partial charge < -0.3 is 21.9 Å². The van der Waals surface area contributed by atoms with Gasteiger partial charge >= 0.3 is 0 Å². The number of hydrogen-bond donors (Lipinski definition) is 4. The third kappa shape index (κ3) is 3.16. The third-order valence-corrected chi connectivity index (χ3v) is 3.41. The highest BCUT2D eigenvalue weighted by Gasteiger charge is 2.15. The van der Waals surface area contributed by atoms with Crippen molar-refractivity contribution in [2.45, 2.75) is 19.6 Å². The van der Waals surface area contributed by atoms with E-state index in [2.05, 4.69) is 15.3 Å². The lowest BCUT2D eigenvalue weighted by Crippen LogP contribution is -2.26. The Morgan fingerprint density at radius 1 is 1.62 bits per heavy atom. The average molecular weight is 243 g/mol. The molecule has 1 rings (SSSR count). The smallest absolute Gasteiger partial charge is 0.185 e. The van der Waals surface area contributed by atoms with Crippen molar-refractivity contribution >= 4 is 17.3 Å². The predicted molar refractivity (Wildman–Crippen MR) is 65.3 cm³/mol. The van der Waals surface area contributed by atoms with Gasteiger partial charge in [0.2, 0.25) is 0 Å². The molecule has 0 saturated heterocycles. The Morgan fingerprint density at radius 2 is 2.31 bits per heavy atom. The van der Waals surface area contributed by atoms with Crippen LogP contribution < -0.4 is 16.8 Å². The summed E-state index contributed by atoms with van der Waals surface area (Å²) in [6, 6.07) is -0.0221. The minimum atomic E-state index is -0.0221. The van der Waals surface area contributed by atoms with E-state index >= 15 is 0 Å². The molecule has 0 saturated carbocycles. The van der Waals surface area contributed by atoms with Crippen molar-refractivity contribution < 1.29 is 5.11 Å². The number of hydrogen-bond acceptors (Lipinski definition) is 5. The van der Waals surface area contributed by atoms with Gasteiger partial charge in [-0.15, -0.1) is 11.3 Å². The van der Waals surface area contributed by atoms with Gasteiger partial charge in [0, 0.05) is 0 Å². The Labute approximate surface area is 98.4 Å². The standard InChI is InChI=1S/C9H17N5OS/c1-5-7(4-15)16-8(14-5)6(12-2)3-13-9(10)11/h6,12,15H,3-4H2,1-2H3,(H4,10,11,13). The van der Waals surface area contributed by atoms with Gasteiger partial charge in [-0.2, -0.15) is 0 Å². The van der Waals surface area contributed by atoms with Gasteiger partial charge in [0.15, 0.2) is 5.96 Å². The van der Waals surface area contributed by atoms with Gasteiger partial charge in [-0.05, 0) is 14.0 Å². The normalized spacial score (nSPS) is 12.4. The summed E-state index contributed by atoms with van der Waals surface area (Å²) in [6.07, 6.45) is 0. The highest BCUT2D eigenvalue weighted by molar-refractivity contribution is 7.11. The highest BCUT2D eigenvalue weighted by Crippen LogP contribution is 2.23. The Kier molecular flexibility index (Phi) is 4.66. The van der Waals surface area contributed by atoms with E-state index in [9.17, 15) is 0 Å². The van der Waals surface area contributed by atoms with Crippen LogP contribution in [-0.2, 0) is 6.61 Å². The van der Waals surface area contributed by atoms with Crippen LogP contribution in [0, 0.1) is 6.92 Å². The largest absolute Gasteiger partial charge is 0.391 e. The first kappa shape index (κ1) is 12.9. The van der Waals surface area contributed by atoms with Gasteiger partial charge in [-0.3, -0.25) is 4.99 Å². The second-order valence-electron chi connectivity index (χ2n) is 3.33. The Balaban J connectivity index is 2.82. The summed E-state index contributed by atoms with van der Waals surface area (Å²) in [7, 11) is 1.82. The lowest BCUT2D eigenvalue weighted by molar-refractivity contribution is 0.284. The number of rotatable bonds is 5.